The smallest absolute Gasteiger partial charge is 0.220 e. The molecule has 58 heavy (non-hydrogen) atoms. The summed E-state index contributed by atoms with van der Waals surface area (Å²) < 4.78 is 0. The fourth-order valence-electron chi connectivity index (χ4n) is 7.64. The normalized spacial score (nSPS) is 13.4. The average Bonchev–Trinajstić information content (AvgIpc) is 3.23. The van der Waals surface area contributed by atoms with E-state index in [1.807, 2.05) is 6.08 Å². The topological polar surface area (TPSA) is 69.6 Å². The van der Waals surface area contributed by atoms with Gasteiger partial charge in [-0.1, -0.05) is 254 Å². The van der Waals surface area contributed by atoms with Gasteiger partial charge in [0.1, 0.15) is 0 Å². The number of aliphatic hydroxyl groups is 2. The Hall–Kier alpha value is -1.91. The van der Waals surface area contributed by atoms with Crippen molar-refractivity contribution in [2.45, 2.75) is 270 Å². The highest BCUT2D eigenvalue weighted by molar-refractivity contribution is 5.76. The summed E-state index contributed by atoms with van der Waals surface area (Å²) in [6, 6.07) is -0.647. The highest BCUT2D eigenvalue weighted by Gasteiger charge is 2.17. The molecule has 0 saturated heterocycles. The SMILES string of the molecule is CC/C=C\C/C=C\C/C=C\C/C=C\CCCCC(=O)NC(CO)C(O)/C=C/CCCCCCCCCCCCCCCCCCCCCCCCCCCCCCC. The first-order chi connectivity index (χ1) is 28.7. The molecule has 0 aliphatic rings. The number of carbonyl (C=O) groups excluding carboxylic acids is 1. The summed E-state index contributed by atoms with van der Waals surface area (Å²) in [4.78, 5) is 12.4. The van der Waals surface area contributed by atoms with Crippen LogP contribution in [0.1, 0.15) is 258 Å². The number of hydrogen-bond donors (Lipinski definition) is 3. The van der Waals surface area contributed by atoms with E-state index >= 15 is 0 Å². The molecule has 3 N–H and O–H groups in total. The molecule has 0 aromatic heterocycles. The van der Waals surface area contributed by atoms with Gasteiger partial charge < -0.3 is 15.5 Å². The van der Waals surface area contributed by atoms with Gasteiger partial charge >= 0.3 is 0 Å². The first-order valence-corrected chi connectivity index (χ1v) is 25.5. The van der Waals surface area contributed by atoms with Crippen molar-refractivity contribution < 1.29 is 15.0 Å². The molecular weight excluding hydrogens is 711 g/mol. The van der Waals surface area contributed by atoms with Crippen molar-refractivity contribution in [1.29, 1.82) is 0 Å². The van der Waals surface area contributed by atoms with Crippen molar-refractivity contribution >= 4 is 5.91 Å². The van der Waals surface area contributed by atoms with Crippen molar-refractivity contribution in [1.82, 2.24) is 5.32 Å². The third-order valence-corrected chi connectivity index (χ3v) is 11.5. The van der Waals surface area contributed by atoms with Gasteiger partial charge in [-0.3, -0.25) is 4.79 Å². The molecule has 0 rings (SSSR count). The van der Waals surface area contributed by atoms with E-state index in [2.05, 4.69) is 67.8 Å². The van der Waals surface area contributed by atoms with E-state index in [-0.39, 0.29) is 12.5 Å². The number of nitrogens with one attached hydrogen (secondary N) is 1. The Morgan fingerprint density at radius 2 is 0.759 bits per heavy atom. The van der Waals surface area contributed by atoms with Crippen LogP contribution >= 0.6 is 0 Å². The maximum Gasteiger partial charge on any atom is 0.220 e. The van der Waals surface area contributed by atoms with Crippen LogP contribution in [0.4, 0.5) is 0 Å². The molecule has 0 aromatic rings. The molecule has 0 spiro atoms. The second-order valence-corrected chi connectivity index (χ2v) is 17.2. The van der Waals surface area contributed by atoms with Crippen molar-refractivity contribution in [2.75, 3.05) is 6.61 Å². The van der Waals surface area contributed by atoms with Crippen LogP contribution in [0.15, 0.2) is 60.8 Å². The van der Waals surface area contributed by atoms with E-state index in [0.29, 0.717) is 6.42 Å². The predicted molar refractivity (Wildman–Crippen MR) is 258 cm³/mol. The lowest BCUT2D eigenvalue weighted by atomic mass is 10.0. The predicted octanol–water partition coefficient (Wildman–Crippen LogP) is 16.5. The van der Waals surface area contributed by atoms with Crippen molar-refractivity contribution in [3.05, 3.63) is 60.8 Å². The number of rotatable bonds is 46. The van der Waals surface area contributed by atoms with E-state index in [1.165, 1.54) is 180 Å². The lowest BCUT2D eigenvalue weighted by Gasteiger charge is -2.19. The first-order valence-electron chi connectivity index (χ1n) is 25.5. The molecule has 0 bridgehead atoms. The fraction of sp³-hybridized carbons (Fsp3) is 0.796. The number of carbonyl (C=O) groups is 1. The van der Waals surface area contributed by atoms with Gasteiger partial charge in [-0.25, -0.2) is 0 Å². The number of aliphatic hydroxyl groups excluding tert-OH is 2. The Kier molecular flexibility index (Phi) is 47.8. The highest BCUT2D eigenvalue weighted by atomic mass is 16.3. The maximum atomic E-state index is 12.4. The Labute approximate surface area is 362 Å². The minimum atomic E-state index is -0.859. The Morgan fingerprint density at radius 3 is 1.14 bits per heavy atom. The summed E-state index contributed by atoms with van der Waals surface area (Å²) in [7, 11) is 0. The quantitative estimate of drug-likeness (QED) is 0.0424. The summed E-state index contributed by atoms with van der Waals surface area (Å²) >= 11 is 0. The third kappa shape index (κ3) is 45.2. The van der Waals surface area contributed by atoms with Crippen LogP contribution in [0.3, 0.4) is 0 Å². The van der Waals surface area contributed by atoms with Gasteiger partial charge in [-0.15, -0.1) is 0 Å². The molecule has 4 nitrogen and oxygen atoms in total. The van der Waals surface area contributed by atoms with Gasteiger partial charge in [-0.05, 0) is 57.8 Å². The number of amides is 1. The summed E-state index contributed by atoms with van der Waals surface area (Å²) in [6.45, 7) is 4.19. The van der Waals surface area contributed by atoms with E-state index in [9.17, 15) is 15.0 Å². The number of allylic oxidation sites excluding steroid dienone is 9. The minimum absolute atomic E-state index is 0.104. The van der Waals surface area contributed by atoms with Gasteiger partial charge in [0.15, 0.2) is 0 Å². The fourth-order valence-corrected chi connectivity index (χ4v) is 7.64. The number of unbranched alkanes of at least 4 members (excludes halogenated alkanes) is 31. The standard InChI is InChI=1S/C54H99NO3/c1-3-5-7-9-11-13-15-17-19-20-21-22-23-24-25-26-27-28-29-30-31-32-33-34-36-37-39-41-43-45-47-49-53(57)52(51-56)55-54(58)50-48-46-44-42-40-38-35-18-16-14-12-10-8-6-4-2/h6,8,12,14,18,35,40,42,47,49,52-53,56-57H,3-5,7,9-11,13,15-17,19-34,36-39,41,43-46,48,50-51H2,1-2H3,(H,55,58)/b8-6-,14-12-,35-18-,42-40-,49-47+. The van der Waals surface area contributed by atoms with Crippen LogP contribution in [-0.2, 0) is 4.79 Å². The van der Waals surface area contributed by atoms with Crippen LogP contribution < -0.4 is 5.32 Å². The third-order valence-electron chi connectivity index (χ3n) is 11.5. The van der Waals surface area contributed by atoms with Crippen molar-refractivity contribution in [3.63, 3.8) is 0 Å². The zero-order valence-corrected chi connectivity index (χ0v) is 38.8. The van der Waals surface area contributed by atoms with E-state index in [1.54, 1.807) is 6.08 Å². The van der Waals surface area contributed by atoms with E-state index < -0.39 is 12.1 Å². The second kappa shape index (κ2) is 49.5. The molecule has 0 aromatic carbocycles. The summed E-state index contributed by atoms with van der Waals surface area (Å²) in [5.41, 5.74) is 0. The molecule has 2 unspecified atom stereocenters. The van der Waals surface area contributed by atoms with Crippen LogP contribution in [0.5, 0.6) is 0 Å². The molecule has 338 valence electrons. The largest absolute Gasteiger partial charge is 0.394 e. The molecule has 0 saturated carbocycles. The van der Waals surface area contributed by atoms with Crippen LogP contribution in [0.2, 0.25) is 0 Å². The Bertz CT molecular complexity index is 965. The van der Waals surface area contributed by atoms with Gasteiger partial charge in [0.25, 0.3) is 0 Å². The number of hydrogen-bond acceptors (Lipinski definition) is 3. The second-order valence-electron chi connectivity index (χ2n) is 17.2. The molecule has 0 fully saturated rings. The monoisotopic (exact) mass is 810 g/mol. The average molecular weight is 810 g/mol. The zero-order valence-electron chi connectivity index (χ0n) is 38.8. The lowest BCUT2D eigenvalue weighted by molar-refractivity contribution is -0.123. The Balaban J connectivity index is 3.50. The molecule has 1 amide bonds. The summed E-state index contributed by atoms with van der Waals surface area (Å²) in [6.07, 6.45) is 69.5. The zero-order chi connectivity index (χ0) is 42.1. The van der Waals surface area contributed by atoms with Gasteiger partial charge in [-0.2, -0.15) is 0 Å². The Morgan fingerprint density at radius 1 is 0.431 bits per heavy atom. The molecule has 0 heterocycles. The summed E-state index contributed by atoms with van der Waals surface area (Å²) in [5, 5.41) is 23.0. The van der Waals surface area contributed by atoms with Gasteiger partial charge in [0, 0.05) is 6.42 Å². The molecule has 4 heteroatoms. The van der Waals surface area contributed by atoms with E-state index in [0.717, 1.165) is 57.8 Å². The maximum absolute atomic E-state index is 12.4. The van der Waals surface area contributed by atoms with Gasteiger partial charge in [0.05, 0.1) is 18.8 Å². The minimum Gasteiger partial charge on any atom is -0.394 e. The molecule has 2 atom stereocenters. The van der Waals surface area contributed by atoms with E-state index in [4.69, 9.17) is 0 Å². The van der Waals surface area contributed by atoms with Crippen molar-refractivity contribution in [3.8, 4) is 0 Å². The molecule has 0 aliphatic carbocycles. The first kappa shape index (κ1) is 56.1. The van der Waals surface area contributed by atoms with Crippen LogP contribution in [-0.4, -0.2) is 34.9 Å². The lowest BCUT2D eigenvalue weighted by Crippen LogP contribution is -2.45. The molecule has 0 radical (unpaired) electrons. The molecule has 0 aliphatic heterocycles. The molecular formula is C54H99NO3. The van der Waals surface area contributed by atoms with Crippen LogP contribution in [0, 0.1) is 0 Å². The summed E-state index contributed by atoms with van der Waals surface area (Å²) in [5.74, 6) is -0.104. The van der Waals surface area contributed by atoms with Crippen LogP contribution in [0.25, 0.3) is 0 Å². The van der Waals surface area contributed by atoms with Crippen molar-refractivity contribution in [2.24, 2.45) is 0 Å². The highest BCUT2D eigenvalue weighted by Crippen LogP contribution is 2.17. The van der Waals surface area contributed by atoms with Gasteiger partial charge in [0.2, 0.25) is 5.91 Å².